The zero-order valence-electron chi connectivity index (χ0n) is 21.0. The molecule has 1 N–H and O–H groups in total. The third-order valence-electron chi connectivity index (χ3n) is 6.10. The van der Waals surface area contributed by atoms with Gasteiger partial charge in [0.15, 0.2) is 11.6 Å². The van der Waals surface area contributed by atoms with Crippen molar-refractivity contribution in [2.24, 2.45) is 29.1 Å². The van der Waals surface area contributed by atoms with Crippen LogP contribution in [0.4, 0.5) is 0 Å². The summed E-state index contributed by atoms with van der Waals surface area (Å²) in [5, 5.41) is 11.3. The van der Waals surface area contributed by atoms with E-state index >= 15 is 0 Å². The highest BCUT2D eigenvalue weighted by atomic mass is 16.5. The number of carbonyl (C=O) groups is 4. The lowest BCUT2D eigenvalue weighted by molar-refractivity contribution is -0.152. The van der Waals surface area contributed by atoms with E-state index in [0.29, 0.717) is 19.3 Å². The van der Waals surface area contributed by atoms with Crippen molar-refractivity contribution in [2.45, 2.75) is 86.5 Å². The summed E-state index contributed by atoms with van der Waals surface area (Å²) < 4.78 is 5.20. The fraction of sp³-hybridized carbons (Fsp3) is 0.704. The highest BCUT2D eigenvalue weighted by molar-refractivity contribution is 6.25. The maximum absolute atomic E-state index is 13.6. The number of hydrogen-bond acceptors (Lipinski definition) is 6. The van der Waals surface area contributed by atoms with Gasteiger partial charge in [0.1, 0.15) is 23.6 Å². The lowest BCUT2D eigenvalue weighted by Crippen LogP contribution is -2.42. The van der Waals surface area contributed by atoms with Crippen molar-refractivity contribution in [1.82, 2.24) is 0 Å². The topological polar surface area (TPSA) is 97.7 Å². The molecule has 1 aliphatic carbocycles. The van der Waals surface area contributed by atoms with Crippen molar-refractivity contribution in [2.75, 3.05) is 6.61 Å². The third-order valence-corrected chi connectivity index (χ3v) is 6.10. The molecule has 6 nitrogen and oxygen atoms in total. The molecule has 1 rings (SSSR count). The van der Waals surface area contributed by atoms with E-state index in [1.807, 2.05) is 41.5 Å². The van der Waals surface area contributed by atoms with Gasteiger partial charge in [0.25, 0.3) is 0 Å². The molecule has 0 radical (unpaired) electrons. The Balaban J connectivity index is 3.57. The van der Waals surface area contributed by atoms with Gasteiger partial charge in [-0.3, -0.25) is 19.2 Å². The Kier molecular flexibility index (Phi) is 11.0. The number of hydrogen-bond donors (Lipinski definition) is 1. The predicted octanol–water partition coefficient (Wildman–Crippen LogP) is 5.00. The van der Waals surface area contributed by atoms with Crippen molar-refractivity contribution in [3.63, 3.8) is 0 Å². The summed E-state index contributed by atoms with van der Waals surface area (Å²) in [6.45, 7) is 11.6. The van der Waals surface area contributed by atoms with Gasteiger partial charge in [-0.15, -0.1) is 12.3 Å². The SMILES string of the molecule is C#CCCOC(=O)C[C@]1(C(=O)CCC(C)C)C(O)=C(C(=O)CC(C)C)C(=O)[C@@H]1CCC(C)C. The minimum absolute atomic E-state index is 0.0141. The minimum atomic E-state index is -1.77. The molecule has 33 heavy (non-hydrogen) atoms. The molecule has 0 aromatic carbocycles. The monoisotopic (exact) mass is 460 g/mol. The summed E-state index contributed by atoms with van der Waals surface area (Å²) in [4.78, 5) is 52.8. The van der Waals surface area contributed by atoms with E-state index in [1.54, 1.807) is 0 Å². The molecule has 0 saturated heterocycles. The number of rotatable bonds is 14. The maximum atomic E-state index is 13.6. The second-order valence-corrected chi connectivity index (χ2v) is 10.3. The van der Waals surface area contributed by atoms with Crippen LogP contribution in [-0.2, 0) is 23.9 Å². The number of carbonyl (C=O) groups excluding carboxylic acids is 4. The van der Waals surface area contributed by atoms with Crippen LogP contribution in [0.1, 0.15) is 86.5 Å². The quantitative estimate of drug-likeness (QED) is 0.170. The van der Waals surface area contributed by atoms with Crippen LogP contribution in [0, 0.1) is 41.4 Å². The number of aliphatic hydroxyl groups excluding tert-OH is 1. The number of terminal acetylenes is 1. The average molecular weight is 461 g/mol. The fourth-order valence-electron chi connectivity index (χ4n) is 4.30. The van der Waals surface area contributed by atoms with Crippen LogP contribution in [0.3, 0.4) is 0 Å². The molecule has 2 atom stereocenters. The lowest BCUT2D eigenvalue weighted by Gasteiger charge is -2.33. The van der Waals surface area contributed by atoms with E-state index in [2.05, 4.69) is 5.92 Å². The Morgan fingerprint density at radius 3 is 2.18 bits per heavy atom. The molecule has 0 amide bonds. The van der Waals surface area contributed by atoms with Gasteiger partial charge in [-0.05, 0) is 30.6 Å². The second-order valence-electron chi connectivity index (χ2n) is 10.3. The fourth-order valence-corrected chi connectivity index (χ4v) is 4.30. The number of ketones is 3. The number of ether oxygens (including phenoxy) is 1. The summed E-state index contributed by atoms with van der Waals surface area (Å²) in [7, 11) is 0. The van der Waals surface area contributed by atoms with Crippen LogP contribution in [-0.4, -0.2) is 35.0 Å². The van der Waals surface area contributed by atoms with Gasteiger partial charge in [0.2, 0.25) is 0 Å². The Morgan fingerprint density at radius 2 is 1.67 bits per heavy atom. The molecule has 0 aromatic heterocycles. The van der Waals surface area contributed by atoms with Gasteiger partial charge in [0.05, 0.1) is 12.0 Å². The molecule has 0 saturated carbocycles. The van der Waals surface area contributed by atoms with Gasteiger partial charge in [-0.2, -0.15) is 0 Å². The van der Waals surface area contributed by atoms with E-state index in [-0.39, 0.29) is 49.2 Å². The minimum Gasteiger partial charge on any atom is -0.510 e. The van der Waals surface area contributed by atoms with Gasteiger partial charge in [-0.25, -0.2) is 0 Å². The molecule has 1 aliphatic rings. The van der Waals surface area contributed by atoms with Crippen LogP contribution in [0.25, 0.3) is 0 Å². The molecule has 0 heterocycles. The van der Waals surface area contributed by atoms with Gasteiger partial charge < -0.3 is 9.84 Å². The van der Waals surface area contributed by atoms with E-state index in [9.17, 15) is 24.3 Å². The first-order valence-electron chi connectivity index (χ1n) is 12.0. The van der Waals surface area contributed by atoms with Crippen molar-refractivity contribution in [3.05, 3.63) is 11.3 Å². The Morgan fingerprint density at radius 1 is 1.06 bits per heavy atom. The molecule has 0 bridgehead atoms. The Hall–Kier alpha value is -2.42. The first-order chi connectivity index (χ1) is 15.4. The number of Topliss-reactive ketones (excluding diaryl/α,β-unsaturated/α-hetero) is 3. The van der Waals surface area contributed by atoms with Crippen molar-refractivity contribution in [3.8, 4) is 12.3 Å². The smallest absolute Gasteiger partial charge is 0.307 e. The van der Waals surface area contributed by atoms with Crippen LogP contribution in [0.15, 0.2) is 11.3 Å². The summed E-state index contributed by atoms with van der Waals surface area (Å²) in [5.41, 5.74) is -2.08. The number of esters is 1. The summed E-state index contributed by atoms with van der Waals surface area (Å²) in [6, 6.07) is 0. The molecule has 0 spiro atoms. The van der Waals surface area contributed by atoms with E-state index in [1.165, 1.54) is 0 Å². The van der Waals surface area contributed by atoms with Crippen LogP contribution in [0.2, 0.25) is 0 Å². The number of allylic oxidation sites excluding steroid dienone is 2. The molecule has 0 fully saturated rings. The average Bonchev–Trinajstić information content (AvgIpc) is 2.91. The third kappa shape index (κ3) is 7.28. The van der Waals surface area contributed by atoms with E-state index in [0.717, 1.165) is 0 Å². The van der Waals surface area contributed by atoms with Gasteiger partial charge in [-0.1, -0.05) is 48.0 Å². The molecule has 0 aromatic rings. The normalized spacial score (nSPS) is 20.6. The van der Waals surface area contributed by atoms with E-state index in [4.69, 9.17) is 11.2 Å². The Bertz CT molecular complexity index is 811. The number of aliphatic hydroxyl groups is 1. The van der Waals surface area contributed by atoms with Crippen LogP contribution >= 0.6 is 0 Å². The van der Waals surface area contributed by atoms with Crippen molar-refractivity contribution in [1.29, 1.82) is 0 Å². The second kappa shape index (κ2) is 12.7. The lowest BCUT2D eigenvalue weighted by atomic mass is 9.67. The molecule has 0 aliphatic heterocycles. The maximum Gasteiger partial charge on any atom is 0.307 e. The molecular formula is C27H40O6. The summed E-state index contributed by atoms with van der Waals surface area (Å²) in [6.07, 6.45) is 6.57. The van der Waals surface area contributed by atoms with Gasteiger partial charge >= 0.3 is 5.97 Å². The zero-order chi connectivity index (χ0) is 25.3. The predicted molar refractivity (Wildman–Crippen MR) is 127 cm³/mol. The molecular weight excluding hydrogens is 420 g/mol. The largest absolute Gasteiger partial charge is 0.510 e. The van der Waals surface area contributed by atoms with Crippen molar-refractivity contribution >= 4 is 23.3 Å². The molecule has 6 heteroatoms. The highest BCUT2D eigenvalue weighted by Gasteiger charge is 2.60. The standard InChI is InChI=1S/C27H40O6/c1-8-9-14-33-23(30)16-27(22(29)13-11-18(4)5)20(12-10-17(2)3)25(31)24(26(27)32)21(28)15-19(6)7/h1,17-20,32H,9-16H2,2-7H3/t20-,27-/m0/s1. The molecule has 0 unspecified atom stereocenters. The first-order valence-corrected chi connectivity index (χ1v) is 12.0. The van der Waals surface area contributed by atoms with E-state index < -0.39 is 46.8 Å². The molecule has 184 valence electrons. The first kappa shape index (κ1) is 28.6. The Labute approximate surface area is 198 Å². The van der Waals surface area contributed by atoms with Gasteiger partial charge in [0, 0.05) is 25.2 Å². The highest BCUT2D eigenvalue weighted by Crippen LogP contribution is 2.51. The van der Waals surface area contributed by atoms with Crippen LogP contribution < -0.4 is 0 Å². The van der Waals surface area contributed by atoms with Crippen LogP contribution in [0.5, 0.6) is 0 Å². The zero-order valence-corrected chi connectivity index (χ0v) is 21.0. The summed E-state index contributed by atoms with van der Waals surface area (Å²) >= 11 is 0. The van der Waals surface area contributed by atoms with Crippen molar-refractivity contribution < 1.29 is 29.0 Å². The summed E-state index contributed by atoms with van der Waals surface area (Å²) in [5.74, 6) is -0.834.